The van der Waals surface area contributed by atoms with Crippen LogP contribution in [-0.4, -0.2) is 50.0 Å². The summed E-state index contributed by atoms with van der Waals surface area (Å²) in [6.45, 7) is 3.79. The number of aryl methyl sites for hydroxylation is 1. The van der Waals surface area contributed by atoms with Crippen molar-refractivity contribution >= 4 is 27.5 Å². The second-order valence-electron chi connectivity index (χ2n) is 10.7. The molecule has 0 saturated heterocycles. The van der Waals surface area contributed by atoms with Crippen LogP contribution in [0.2, 0.25) is 0 Å². The van der Waals surface area contributed by atoms with Crippen molar-refractivity contribution in [3.8, 4) is 5.75 Å². The monoisotopic (exact) mass is 577 g/mol. The van der Waals surface area contributed by atoms with Crippen molar-refractivity contribution in [1.29, 1.82) is 0 Å². The third kappa shape index (κ3) is 8.57. The smallest absolute Gasteiger partial charge is 0.244 e. The molecule has 4 rings (SSSR count). The first-order chi connectivity index (χ1) is 19.6. The van der Waals surface area contributed by atoms with Gasteiger partial charge in [0, 0.05) is 12.6 Å². The molecule has 0 unspecified atom stereocenters. The fourth-order valence-corrected chi connectivity index (χ4v) is 5.89. The SMILES string of the molecule is Cc1cccc(CN(C(=O)CN(c2ccc(OCc3ccccc3)cc2)S(C)(=O)=O)[C@@H](C)C(=O)NC2CCCC2)c1. The highest BCUT2D eigenvalue weighted by atomic mass is 32.2. The van der Waals surface area contributed by atoms with Crippen LogP contribution in [0.25, 0.3) is 0 Å². The van der Waals surface area contributed by atoms with E-state index in [1.54, 1.807) is 31.2 Å². The lowest BCUT2D eigenvalue weighted by Crippen LogP contribution is -2.52. The zero-order valence-electron chi connectivity index (χ0n) is 24.0. The molecule has 8 nitrogen and oxygen atoms in total. The second-order valence-corrected chi connectivity index (χ2v) is 12.6. The van der Waals surface area contributed by atoms with E-state index >= 15 is 0 Å². The Balaban J connectivity index is 1.52. The molecule has 1 atom stereocenters. The van der Waals surface area contributed by atoms with E-state index in [1.165, 1.54) is 4.90 Å². The second kappa shape index (κ2) is 13.7. The number of rotatable bonds is 12. The average molecular weight is 578 g/mol. The van der Waals surface area contributed by atoms with E-state index in [9.17, 15) is 18.0 Å². The maximum atomic E-state index is 13.8. The van der Waals surface area contributed by atoms with Crippen LogP contribution in [0.5, 0.6) is 5.75 Å². The summed E-state index contributed by atoms with van der Waals surface area (Å²) in [5.74, 6) is -0.116. The van der Waals surface area contributed by atoms with Gasteiger partial charge in [0.15, 0.2) is 0 Å². The highest BCUT2D eigenvalue weighted by Crippen LogP contribution is 2.24. The number of amides is 2. The number of ether oxygens (including phenoxy) is 1. The lowest BCUT2D eigenvalue weighted by atomic mass is 10.1. The summed E-state index contributed by atoms with van der Waals surface area (Å²) in [6.07, 6.45) is 5.07. The van der Waals surface area contributed by atoms with E-state index in [0.29, 0.717) is 18.0 Å². The molecule has 3 aromatic carbocycles. The van der Waals surface area contributed by atoms with Gasteiger partial charge in [0.1, 0.15) is 24.9 Å². The van der Waals surface area contributed by atoms with Crippen LogP contribution in [0.3, 0.4) is 0 Å². The molecule has 218 valence electrons. The summed E-state index contributed by atoms with van der Waals surface area (Å²) < 4.78 is 32.6. The molecule has 3 aromatic rings. The zero-order chi connectivity index (χ0) is 29.4. The van der Waals surface area contributed by atoms with Crippen LogP contribution < -0.4 is 14.4 Å². The summed E-state index contributed by atoms with van der Waals surface area (Å²) in [5.41, 5.74) is 3.25. The normalized spacial score (nSPS) is 14.3. The third-order valence-electron chi connectivity index (χ3n) is 7.36. The highest BCUT2D eigenvalue weighted by Gasteiger charge is 2.31. The van der Waals surface area contributed by atoms with Gasteiger partial charge in [0.25, 0.3) is 0 Å². The largest absolute Gasteiger partial charge is 0.489 e. The first-order valence-corrected chi connectivity index (χ1v) is 15.8. The predicted octanol–water partition coefficient (Wildman–Crippen LogP) is 4.82. The van der Waals surface area contributed by atoms with Gasteiger partial charge in [-0.1, -0.05) is 73.0 Å². The van der Waals surface area contributed by atoms with Gasteiger partial charge < -0.3 is 15.0 Å². The Hall–Kier alpha value is -3.85. The molecule has 0 bridgehead atoms. The highest BCUT2D eigenvalue weighted by molar-refractivity contribution is 7.92. The number of carbonyl (C=O) groups is 2. The van der Waals surface area contributed by atoms with Crippen molar-refractivity contribution in [2.24, 2.45) is 0 Å². The summed E-state index contributed by atoms with van der Waals surface area (Å²) in [5, 5.41) is 3.08. The Morgan fingerprint density at radius 3 is 2.24 bits per heavy atom. The number of anilines is 1. The van der Waals surface area contributed by atoms with Crippen LogP contribution in [-0.2, 0) is 32.8 Å². The molecule has 1 aliphatic rings. The van der Waals surface area contributed by atoms with Crippen molar-refractivity contribution in [2.45, 2.75) is 64.8 Å². The third-order valence-corrected chi connectivity index (χ3v) is 8.50. The summed E-state index contributed by atoms with van der Waals surface area (Å²) in [6, 6.07) is 23.4. The van der Waals surface area contributed by atoms with E-state index < -0.39 is 28.5 Å². The van der Waals surface area contributed by atoms with E-state index in [-0.39, 0.29) is 18.5 Å². The molecule has 0 heterocycles. The van der Waals surface area contributed by atoms with Crippen molar-refractivity contribution < 1.29 is 22.7 Å². The lowest BCUT2D eigenvalue weighted by Gasteiger charge is -2.32. The van der Waals surface area contributed by atoms with Crippen LogP contribution in [0.15, 0.2) is 78.9 Å². The quantitative estimate of drug-likeness (QED) is 0.333. The molecule has 9 heteroatoms. The fraction of sp³-hybridized carbons (Fsp3) is 0.375. The van der Waals surface area contributed by atoms with Crippen molar-refractivity contribution in [1.82, 2.24) is 10.2 Å². The lowest BCUT2D eigenvalue weighted by molar-refractivity contribution is -0.139. The first kappa shape index (κ1) is 30.1. The molecule has 41 heavy (non-hydrogen) atoms. The summed E-state index contributed by atoms with van der Waals surface area (Å²) in [4.78, 5) is 28.5. The molecule has 1 fully saturated rings. The maximum Gasteiger partial charge on any atom is 0.244 e. The van der Waals surface area contributed by atoms with Crippen molar-refractivity contribution in [3.05, 3.63) is 95.6 Å². The van der Waals surface area contributed by atoms with Gasteiger partial charge in [-0.15, -0.1) is 0 Å². The first-order valence-electron chi connectivity index (χ1n) is 14.0. The fourth-order valence-electron chi connectivity index (χ4n) is 5.04. The van der Waals surface area contributed by atoms with Crippen LogP contribution in [0.4, 0.5) is 5.69 Å². The van der Waals surface area contributed by atoms with E-state index in [2.05, 4.69) is 5.32 Å². The number of carbonyl (C=O) groups excluding carboxylic acids is 2. The van der Waals surface area contributed by atoms with Crippen molar-refractivity contribution in [3.63, 3.8) is 0 Å². The van der Waals surface area contributed by atoms with Crippen LogP contribution >= 0.6 is 0 Å². The van der Waals surface area contributed by atoms with Gasteiger partial charge in [-0.25, -0.2) is 8.42 Å². The number of benzene rings is 3. The van der Waals surface area contributed by atoms with E-state index in [0.717, 1.165) is 52.9 Å². The molecule has 0 aromatic heterocycles. The number of sulfonamides is 1. The Morgan fingerprint density at radius 2 is 1.61 bits per heavy atom. The Labute approximate surface area is 243 Å². The molecule has 0 radical (unpaired) electrons. The molecule has 2 amide bonds. The number of hydrogen-bond donors (Lipinski definition) is 1. The molecule has 1 N–H and O–H groups in total. The molecule has 1 saturated carbocycles. The Kier molecular flexibility index (Phi) is 10.0. The average Bonchev–Trinajstić information content (AvgIpc) is 3.46. The van der Waals surface area contributed by atoms with Gasteiger partial charge in [0.05, 0.1) is 11.9 Å². The molecular weight excluding hydrogens is 538 g/mol. The number of nitrogens with one attached hydrogen (secondary N) is 1. The van der Waals surface area contributed by atoms with Gasteiger partial charge in [-0.2, -0.15) is 0 Å². The van der Waals surface area contributed by atoms with Gasteiger partial charge in [-0.05, 0) is 62.1 Å². The molecule has 0 spiro atoms. The molecule has 1 aliphatic carbocycles. The van der Waals surface area contributed by atoms with Gasteiger partial charge in [0.2, 0.25) is 21.8 Å². The standard InChI is InChI=1S/C32H39N3O5S/c1-24-10-9-13-27(20-24)21-34(25(2)32(37)33-28-14-7-8-15-28)31(36)22-35(41(3,38)39)29-16-18-30(19-17-29)40-23-26-11-5-4-6-12-26/h4-6,9-13,16-20,25,28H,7-8,14-15,21-23H2,1-3H3,(H,33,37)/t25-/m0/s1. The number of hydrogen-bond acceptors (Lipinski definition) is 5. The molecular formula is C32H39N3O5S. The van der Waals surface area contributed by atoms with E-state index in [4.69, 9.17) is 4.74 Å². The minimum atomic E-state index is -3.81. The minimum Gasteiger partial charge on any atom is -0.489 e. The Morgan fingerprint density at radius 1 is 0.951 bits per heavy atom. The van der Waals surface area contributed by atoms with E-state index in [1.807, 2.05) is 61.5 Å². The molecule has 0 aliphatic heterocycles. The minimum absolute atomic E-state index is 0.107. The maximum absolute atomic E-state index is 13.8. The topological polar surface area (TPSA) is 96.0 Å². The zero-order valence-corrected chi connectivity index (χ0v) is 24.8. The van der Waals surface area contributed by atoms with Gasteiger partial charge >= 0.3 is 0 Å². The van der Waals surface area contributed by atoms with Crippen LogP contribution in [0.1, 0.15) is 49.3 Å². The Bertz CT molecular complexity index is 1420. The van der Waals surface area contributed by atoms with Crippen molar-refractivity contribution in [2.75, 3.05) is 17.1 Å². The van der Waals surface area contributed by atoms with Gasteiger partial charge in [-0.3, -0.25) is 13.9 Å². The summed E-state index contributed by atoms with van der Waals surface area (Å²) >= 11 is 0. The summed E-state index contributed by atoms with van der Waals surface area (Å²) in [7, 11) is -3.81. The predicted molar refractivity (Wildman–Crippen MR) is 161 cm³/mol. The van der Waals surface area contributed by atoms with Crippen LogP contribution in [0, 0.1) is 6.92 Å². The number of nitrogens with zero attached hydrogens (tertiary/aromatic N) is 2.